The summed E-state index contributed by atoms with van der Waals surface area (Å²) in [5, 5.41) is 10.8. The van der Waals surface area contributed by atoms with Crippen molar-refractivity contribution < 1.29 is 9.90 Å². The van der Waals surface area contributed by atoms with Gasteiger partial charge in [0.1, 0.15) is 0 Å². The fraction of sp³-hybridized carbons (Fsp3) is 0.160. The Bertz CT molecular complexity index is 992. The third-order valence-corrected chi connectivity index (χ3v) is 5.29. The van der Waals surface area contributed by atoms with Gasteiger partial charge >= 0.3 is 0 Å². The van der Waals surface area contributed by atoms with Gasteiger partial charge in [-0.25, -0.2) is 0 Å². The molecule has 3 aromatic carbocycles. The van der Waals surface area contributed by atoms with E-state index in [0.29, 0.717) is 12.1 Å². The topological polar surface area (TPSA) is 40.5 Å². The first-order valence-electron chi connectivity index (χ1n) is 9.61. The van der Waals surface area contributed by atoms with E-state index in [1.807, 2.05) is 60.7 Å². The van der Waals surface area contributed by atoms with Gasteiger partial charge in [0.25, 0.3) is 5.91 Å². The Kier molecular flexibility index (Phi) is 4.98. The largest absolute Gasteiger partial charge is 0.503 e. The molecule has 4 rings (SSSR count). The van der Waals surface area contributed by atoms with Gasteiger partial charge in [0, 0.05) is 12.1 Å². The molecule has 0 fully saturated rings. The van der Waals surface area contributed by atoms with Crippen LogP contribution in [0.15, 0.2) is 90.7 Å². The molecule has 0 radical (unpaired) electrons. The van der Waals surface area contributed by atoms with E-state index in [1.165, 1.54) is 5.56 Å². The number of benzene rings is 3. The number of carbonyl (C=O) groups is 1. The lowest BCUT2D eigenvalue weighted by molar-refractivity contribution is -0.130. The van der Waals surface area contributed by atoms with Crippen molar-refractivity contribution in [1.29, 1.82) is 0 Å². The van der Waals surface area contributed by atoms with E-state index in [-0.39, 0.29) is 17.7 Å². The molecular formula is C25H23NO2. The molecule has 3 aromatic rings. The molecule has 0 spiro atoms. The van der Waals surface area contributed by atoms with Crippen molar-refractivity contribution in [2.24, 2.45) is 0 Å². The smallest absolute Gasteiger partial charge is 0.290 e. The Balaban J connectivity index is 1.80. The van der Waals surface area contributed by atoms with Crippen LogP contribution in [0.4, 0.5) is 0 Å². The second kappa shape index (κ2) is 7.73. The van der Waals surface area contributed by atoms with E-state index in [1.54, 1.807) is 4.90 Å². The molecule has 3 nitrogen and oxygen atoms in total. The highest BCUT2D eigenvalue weighted by Gasteiger charge is 2.40. The zero-order valence-corrected chi connectivity index (χ0v) is 15.9. The summed E-state index contributed by atoms with van der Waals surface area (Å²) in [6.45, 7) is 2.57. The number of hydrogen-bond acceptors (Lipinski definition) is 2. The van der Waals surface area contributed by atoms with E-state index >= 15 is 0 Å². The molecule has 0 aromatic heterocycles. The molecule has 1 N–H and O–H groups in total. The predicted molar refractivity (Wildman–Crippen MR) is 112 cm³/mol. The van der Waals surface area contributed by atoms with Gasteiger partial charge in [-0.3, -0.25) is 4.79 Å². The predicted octanol–water partition coefficient (Wildman–Crippen LogP) is 5.30. The summed E-state index contributed by atoms with van der Waals surface area (Å²) in [4.78, 5) is 14.8. The zero-order valence-electron chi connectivity index (χ0n) is 15.9. The molecule has 1 amide bonds. The molecular weight excluding hydrogens is 346 g/mol. The summed E-state index contributed by atoms with van der Waals surface area (Å²) in [7, 11) is 0. The van der Waals surface area contributed by atoms with E-state index in [9.17, 15) is 9.90 Å². The van der Waals surface area contributed by atoms with Gasteiger partial charge in [-0.05, 0) is 28.7 Å². The van der Waals surface area contributed by atoms with Crippen LogP contribution in [0, 0.1) is 0 Å². The number of aryl methyl sites for hydroxylation is 1. The summed E-state index contributed by atoms with van der Waals surface area (Å²) < 4.78 is 0. The standard InChI is InChI=1S/C25H23NO2/c1-2-18-13-15-21(16-14-18)23-22(20-11-7-4-8-12-20)24(27)25(28)26(23)17-19-9-5-3-6-10-19/h3-16,23,27H,2,17H2,1H3/t23-/m0/s1. The van der Waals surface area contributed by atoms with Crippen LogP contribution in [-0.4, -0.2) is 15.9 Å². The first-order chi connectivity index (χ1) is 13.7. The quantitative estimate of drug-likeness (QED) is 0.663. The molecule has 0 aliphatic carbocycles. The van der Waals surface area contributed by atoms with E-state index in [0.717, 1.165) is 23.1 Å². The van der Waals surface area contributed by atoms with Crippen LogP contribution in [0.2, 0.25) is 0 Å². The molecule has 1 heterocycles. The third kappa shape index (κ3) is 3.31. The monoisotopic (exact) mass is 369 g/mol. The van der Waals surface area contributed by atoms with Crippen LogP contribution in [0.5, 0.6) is 0 Å². The molecule has 0 saturated heterocycles. The number of carbonyl (C=O) groups excluding carboxylic acids is 1. The van der Waals surface area contributed by atoms with Crippen LogP contribution < -0.4 is 0 Å². The van der Waals surface area contributed by atoms with E-state index in [2.05, 4.69) is 31.2 Å². The van der Waals surface area contributed by atoms with E-state index in [4.69, 9.17) is 0 Å². The van der Waals surface area contributed by atoms with Gasteiger partial charge in [0.05, 0.1) is 6.04 Å². The summed E-state index contributed by atoms with van der Waals surface area (Å²) in [5.41, 5.74) is 4.83. The van der Waals surface area contributed by atoms with Crippen molar-refractivity contribution in [2.45, 2.75) is 25.9 Å². The highest BCUT2D eigenvalue weighted by atomic mass is 16.3. The molecule has 1 atom stereocenters. The molecule has 0 saturated carbocycles. The third-order valence-electron chi connectivity index (χ3n) is 5.29. The van der Waals surface area contributed by atoms with Gasteiger partial charge in [-0.15, -0.1) is 0 Å². The maximum absolute atomic E-state index is 13.0. The Morgan fingerprint density at radius 1 is 0.821 bits per heavy atom. The minimum atomic E-state index is -0.327. The number of rotatable bonds is 5. The molecule has 28 heavy (non-hydrogen) atoms. The van der Waals surface area contributed by atoms with Crippen molar-refractivity contribution >= 4 is 11.5 Å². The lowest BCUT2D eigenvalue weighted by atomic mass is 9.92. The average molecular weight is 369 g/mol. The maximum atomic E-state index is 13.0. The Morgan fingerprint density at radius 2 is 1.43 bits per heavy atom. The summed E-state index contributed by atoms with van der Waals surface area (Å²) in [6.07, 6.45) is 0.963. The minimum Gasteiger partial charge on any atom is -0.503 e. The molecule has 1 aliphatic rings. The van der Waals surface area contributed by atoms with Gasteiger partial charge in [0.15, 0.2) is 5.76 Å². The number of amides is 1. The average Bonchev–Trinajstić information content (AvgIpc) is 3.00. The van der Waals surface area contributed by atoms with Crippen LogP contribution in [0.1, 0.15) is 35.2 Å². The minimum absolute atomic E-state index is 0.160. The molecule has 1 aliphatic heterocycles. The second-order valence-corrected chi connectivity index (χ2v) is 7.04. The first-order valence-corrected chi connectivity index (χ1v) is 9.61. The van der Waals surface area contributed by atoms with Crippen molar-refractivity contribution in [3.8, 4) is 0 Å². The summed E-state index contributed by atoms with van der Waals surface area (Å²) in [5.74, 6) is -0.487. The van der Waals surface area contributed by atoms with Gasteiger partial charge < -0.3 is 10.0 Å². The fourth-order valence-electron chi connectivity index (χ4n) is 3.79. The molecule has 3 heteroatoms. The highest BCUT2D eigenvalue weighted by Crippen LogP contribution is 2.43. The van der Waals surface area contributed by atoms with Crippen molar-refractivity contribution in [3.05, 3.63) is 113 Å². The number of hydrogen-bond donors (Lipinski definition) is 1. The number of nitrogens with zero attached hydrogens (tertiary/aromatic N) is 1. The van der Waals surface area contributed by atoms with Crippen LogP contribution in [0.25, 0.3) is 5.57 Å². The lowest BCUT2D eigenvalue weighted by Crippen LogP contribution is -2.29. The van der Waals surface area contributed by atoms with Crippen molar-refractivity contribution in [2.75, 3.05) is 0 Å². The number of aliphatic hydroxyl groups excluding tert-OH is 1. The Hall–Kier alpha value is -3.33. The molecule has 140 valence electrons. The lowest BCUT2D eigenvalue weighted by Gasteiger charge is -2.27. The van der Waals surface area contributed by atoms with Crippen molar-refractivity contribution in [3.63, 3.8) is 0 Å². The molecule has 0 bridgehead atoms. The summed E-state index contributed by atoms with van der Waals surface area (Å²) in [6, 6.07) is 27.6. The number of aliphatic hydroxyl groups is 1. The van der Waals surface area contributed by atoms with Crippen molar-refractivity contribution in [1.82, 2.24) is 4.90 Å². The normalized spacial score (nSPS) is 16.7. The van der Waals surface area contributed by atoms with Gasteiger partial charge in [-0.1, -0.05) is 91.9 Å². The Morgan fingerprint density at radius 3 is 2.04 bits per heavy atom. The maximum Gasteiger partial charge on any atom is 0.290 e. The highest BCUT2D eigenvalue weighted by molar-refractivity contribution is 6.05. The molecule has 0 unspecified atom stereocenters. The van der Waals surface area contributed by atoms with Crippen LogP contribution >= 0.6 is 0 Å². The van der Waals surface area contributed by atoms with E-state index < -0.39 is 0 Å². The second-order valence-electron chi connectivity index (χ2n) is 7.04. The Labute approximate surface area is 165 Å². The van der Waals surface area contributed by atoms with Crippen LogP contribution in [-0.2, 0) is 17.8 Å². The SMILES string of the molecule is CCc1ccc([C@H]2C(c3ccccc3)=C(O)C(=O)N2Cc2ccccc2)cc1. The fourth-order valence-corrected chi connectivity index (χ4v) is 3.79. The summed E-state index contributed by atoms with van der Waals surface area (Å²) >= 11 is 0. The van der Waals surface area contributed by atoms with Gasteiger partial charge in [-0.2, -0.15) is 0 Å². The first kappa shape index (κ1) is 18.1. The zero-order chi connectivity index (χ0) is 19.5. The van der Waals surface area contributed by atoms with Gasteiger partial charge in [0.2, 0.25) is 0 Å². The van der Waals surface area contributed by atoms with Crippen LogP contribution in [0.3, 0.4) is 0 Å².